The van der Waals surface area contributed by atoms with Crippen LogP contribution in [0.5, 0.6) is 0 Å². The molecule has 0 unspecified atom stereocenters. The van der Waals surface area contributed by atoms with E-state index in [0.29, 0.717) is 24.2 Å². The summed E-state index contributed by atoms with van der Waals surface area (Å²) in [4.78, 5) is 14.0. The number of para-hydroxylation sites is 1. The zero-order chi connectivity index (χ0) is 13.8. The number of nitrogen functional groups attached to an aromatic ring is 1. The molecule has 19 heavy (non-hydrogen) atoms. The van der Waals surface area contributed by atoms with Crippen molar-refractivity contribution in [2.45, 2.75) is 19.9 Å². The molecule has 1 amide bonds. The number of hydrogen-bond donors (Lipinski definition) is 1. The molecule has 2 N–H and O–H groups in total. The van der Waals surface area contributed by atoms with Gasteiger partial charge in [-0.25, -0.2) is 0 Å². The smallest absolute Gasteiger partial charge is 0.257 e. The van der Waals surface area contributed by atoms with Gasteiger partial charge in [-0.15, -0.1) is 0 Å². The lowest BCUT2D eigenvalue weighted by atomic mass is 10.1. The summed E-state index contributed by atoms with van der Waals surface area (Å²) < 4.78 is 5.29. The quantitative estimate of drug-likeness (QED) is 0.858. The van der Waals surface area contributed by atoms with E-state index >= 15 is 0 Å². The highest BCUT2D eigenvalue weighted by Crippen LogP contribution is 2.17. The van der Waals surface area contributed by atoms with E-state index in [0.717, 1.165) is 11.3 Å². The Labute approximate surface area is 112 Å². The minimum atomic E-state index is -0.0474. The number of nitrogens with zero attached hydrogens (tertiary/aromatic N) is 1. The lowest BCUT2D eigenvalue weighted by Gasteiger charge is -2.18. The number of carbonyl (C=O) groups is 1. The lowest BCUT2D eigenvalue weighted by molar-refractivity contribution is 0.0783. The summed E-state index contributed by atoms with van der Waals surface area (Å²) in [7, 11) is 1.77. The number of aryl methyl sites for hydroxylation is 1. The van der Waals surface area contributed by atoms with Gasteiger partial charge in [-0.05, 0) is 17.7 Å². The molecule has 0 fully saturated rings. The van der Waals surface area contributed by atoms with Crippen molar-refractivity contribution in [3.8, 4) is 0 Å². The summed E-state index contributed by atoms with van der Waals surface area (Å²) in [6.07, 6.45) is 2.26. The zero-order valence-corrected chi connectivity index (χ0v) is 11.2. The first-order valence-corrected chi connectivity index (χ1v) is 6.28. The van der Waals surface area contributed by atoms with Gasteiger partial charge in [-0.1, -0.05) is 25.1 Å². The van der Waals surface area contributed by atoms with Gasteiger partial charge in [0.05, 0.1) is 11.8 Å². The van der Waals surface area contributed by atoms with E-state index in [4.69, 9.17) is 10.2 Å². The third-order valence-corrected chi connectivity index (χ3v) is 3.11. The van der Waals surface area contributed by atoms with Gasteiger partial charge < -0.3 is 15.1 Å². The van der Waals surface area contributed by atoms with Gasteiger partial charge in [0.25, 0.3) is 5.91 Å². The molecular formula is C15H18N2O2. The SMILES string of the molecule is CCc1occc1C(=O)N(C)Cc1ccccc1N. The number of rotatable bonds is 4. The summed E-state index contributed by atoms with van der Waals surface area (Å²) in [5, 5.41) is 0. The van der Waals surface area contributed by atoms with Gasteiger partial charge in [0.2, 0.25) is 0 Å². The zero-order valence-electron chi connectivity index (χ0n) is 11.2. The Balaban J connectivity index is 2.14. The van der Waals surface area contributed by atoms with Crippen LogP contribution in [0.1, 0.15) is 28.6 Å². The molecule has 1 aromatic carbocycles. The fourth-order valence-corrected chi connectivity index (χ4v) is 2.02. The number of benzene rings is 1. The molecule has 0 aliphatic carbocycles. The highest BCUT2D eigenvalue weighted by Gasteiger charge is 2.18. The van der Waals surface area contributed by atoms with Crippen LogP contribution in [-0.2, 0) is 13.0 Å². The average Bonchev–Trinajstić information content (AvgIpc) is 2.88. The molecule has 0 aliphatic heterocycles. The Hall–Kier alpha value is -2.23. The van der Waals surface area contributed by atoms with Crippen molar-refractivity contribution < 1.29 is 9.21 Å². The first-order valence-electron chi connectivity index (χ1n) is 6.28. The third kappa shape index (κ3) is 2.78. The molecule has 100 valence electrons. The molecule has 1 heterocycles. The first-order chi connectivity index (χ1) is 9.13. The van der Waals surface area contributed by atoms with Gasteiger partial charge in [0, 0.05) is 25.7 Å². The van der Waals surface area contributed by atoms with E-state index in [1.54, 1.807) is 24.3 Å². The predicted molar refractivity (Wildman–Crippen MR) is 74.7 cm³/mol. The summed E-state index contributed by atoms with van der Waals surface area (Å²) in [5.41, 5.74) is 8.16. The standard InChI is InChI=1S/C15H18N2O2/c1-3-14-12(8-9-19-14)15(18)17(2)10-11-6-4-5-7-13(11)16/h4-9H,3,10,16H2,1-2H3. The van der Waals surface area contributed by atoms with Crippen molar-refractivity contribution in [3.63, 3.8) is 0 Å². The van der Waals surface area contributed by atoms with Crippen LogP contribution in [0.25, 0.3) is 0 Å². The van der Waals surface area contributed by atoms with E-state index in [-0.39, 0.29) is 5.91 Å². The maximum Gasteiger partial charge on any atom is 0.257 e. The number of carbonyl (C=O) groups excluding carboxylic acids is 1. The lowest BCUT2D eigenvalue weighted by Crippen LogP contribution is -2.27. The van der Waals surface area contributed by atoms with Crippen LogP contribution in [0, 0.1) is 0 Å². The van der Waals surface area contributed by atoms with Gasteiger partial charge >= 0.3 is 0 Å². The highest BCUT2D eigenvalue weighted by atomic mass is 16.3. The Bertz CT molecular complexity index is 575. The van der Waals surface area contributed by atoms with E-state index in [1.165, 1.54) is 0 Å². The fraction of sp³-hybridized carbons (Fsp3) is 0.267. The van der Waals surface area contributed by atoms with E-state index < -0.39 is 0 Å². The topological polar surface area (TPSA) is 59.5 Å². The Morgan fingerprint density at radius 2 is 2.05 bits per heavy atom. The van der Waals surface area contributed by atoms with Crippen molar-refractivity contribution in [2.24, 2.45) is 0 Å². The maximum absolute atomic E-state index is 12.3. The largest absolute Gasteiger partial charge is 0.469 e. The number of furan rings is 1. The van der Waals surface area contributed by atoms with Crippen molar-refractivity contribution in [1.82, 2.24) is 4.90 Å². The van der Waals surface area contributed by atoms with E-state index in [1.807, 2.05) is 31.2 Å². The number of amides is 1. The molecule has 1 aromatic heterocycles. The molecule has 2 rings (SSSR count). The monoisotopic (exact) mass is 258 g/mol. The summed E-state index contributed by atoms with van der Waals surface area (Å²) in [5.74, 6) is 0.673. The Kier molecular flexibility index (Phi) is 3.90. The minimum Gasteiger partial charge on any atom is -0.469 e. The van der Waals surface area contributed by atoms with Crippen LogP contribution in [-0.4, -0.2) is 17.9 Å². The second-order valence-corrected chi connectivity index (χ2v) is 4.47. The van der Waals surface area contributed by atoms with Crippen LogP contribution in [0.15, 0.2) is 41.0 Å². The third-order valence-electron chi connectivity index (χ3n) is 3.11. The molecule has 2 aromatic rings. The average molecular weight is 258 g/mol. The van der Waals surface area contributed by atoms with Crippen molar-refractivity contribution in [2.75, 3.05) is 12.8 Å². The van der Waals surface area contributed by atoms with E-state index in [9.17, 15) is 4.79 Å². The molecule has 0 atom stereocenters. The molecule has 0 spiro atoms. The molecule has 4 heteroatoms. The predicted octanol–water partition coefficient (Wildman–Crippen LogP) is 2.70. The molecule has 0 radical (unpaired) electrons. The normalized spacial score (nSPS) is 10.4. The molecule has 0 saturated heterocycles. The minimum absolute atomic E-state index is 0.0474. The van der Waals surface area contributed by atoms with Crippen molar-refractivity contribution >= 4 is 11.6 Å². The Morgan fingerprint density at radius 3 is 2.74 bits per heavy atom. The van der Waals surface area contributed by atoms with Gasteiger partial charge in [-0.2, -0.15) is 0 Å². The number of anilines is 1. The first kappa shape index (κ1) is 13.2. The maximum atomic E-state index is 12.3. The summed E-state index contributed by atoms with van der Waals surface area (Å²) in [6.45, 7) is 2.45. The van der Waals surface area contributed by atoms with Crippen LogP contribution in [0.2, 0.25) is 0 Å². The molecular weight excluding hydrogens is 240 g/mol. The second kappa shape index (κ2) is 5.61. The molecule has 0 bridgehead atoms. The summed E-state index contributed by atoms with van der Waals surface area (Å²) >= 11 is 0. The van der Waals surface area contributed by atoms with Gasteiger partial charge in [0.15, 0.2) is 0 Å². The Morgan fingerprint density at radius 1 is 1.32 bits per heavy atom. The van der Waals surface area contributed by atoms with Crippen LogP contribution < -0.4 is 5.73 Å². The van der Waals surface area contributed by atoms with Crippen LogP contribution >= 0.6 is 0 Å². The molecule has 0 aliphatic rings. The van der Waals surface area contributed by atoms with Crippen molar-refractivity contribution in [1.29, 1.82) is 0 Å². The van der Waals surface area contributed by atoms with Gasteiger partial charge in [-0.3, -0.25) is 4.79 Å². The fourth-order valence-electron chi connectivity index (χ4n) is 2.02. The van der Waals surface area contributed by atoms with Crippen molar-refractivity contribution in [3.05, 3.63) is 53.5 Å². The number of hydrogen-bond acceptors (Lipinski definition) is 3. The van der Waals surface area contributed by atoms with Gasteiger partial charge in [0.1, 0.15) is 5.76 Å². The second-order valence-electron chi connectivity index (χ2n) is 4.47. The highest BCUT2D eigenvalue weighted by molar-refractivity contribution is 5.95. The molecule has 0 saturated carbocycles. The molecule has 4 nitrogen and oxygen atoms in total. The van der Waals surface area contributed by atoms with Crippen LogP contribution in [0.4, 0.5) is 5.69 Å². The number of nitrogens with two attached hydrogens (primary N) is 1. The van der Waals surface area contributed by atoms with Crippen LogP contribution in [0.3, 0.4) is 0 Å². The summed E-state index contributed by atoms with van der Waals surface area (Å²) in [6, 6.07) is 9.27. The van der Waals surface area contributed by atoms with E-state index in [2.05, 4.69) is 0 Å².